The molecule has 0 aliphatic carbocycles. The quantitative estimate of drug-likeness (QED) is 0.0902. The van der Waals surface area contributed by atoms with Crippen LogP contribution in [0.4, 0.5) is 56.9 Å². The Kier molecular flexibility index (Phi) is 17.0. The van der Waals surface area contributed by atoms with E-state index in [1.54, 1.807) is 0 Å². The topological polar surface area (TPSA) is 33.8 Å². The normalized spacial score (nSPS) is 11.2. The van der Waals surface area contributed by atoms with Crippen molar-refractivity contribution in [1.82, 2.24) is 9.13 Å². The average Bonchev–Trinajstić information content (AvgIpc) is 1.09. The largest absolute Gasteiger partial charge is 0.310 e. The molecule has 0 atom stereocenters. The van der Waals surface area contributed by atoms with Crippen molar-refractivity contribution < 1.29 is 0 Å². The number of aromatic nitrogens is 2. The monoisotopic (exact) mass is 1420 g/mol. The fourth-order valence-electron chi connectivity index (χ4n) is 16.9. The van der Waals surface area contributed by atoms with Crippen LogP contribution in [0.15, 0.2) is 388 Å². The van der Waals surface area contributed by atoms with Crippen LogP contribution in [0.25, 0.3) is 162 Å². The van der Waals surface area contributed by atoms with E-state index in [-0.39, 0.29) is 0 Å². The number of rotatable bonds is 12. The highest BCUT2D eigenvalue weighted by Crippen LogP contribution is 2.54. The van der Waals surface area contributed by atoms with Crippen LogP contribution in [0.1, 0.15) is 0 Å². The van der Waals surface area contributed by atoms with E-state index in [0.29, 0.717) is 22.7 Å². The molecule has 112 heavy (non-hydrogen) atoms. The zero-order chi connectivity index (χ0) is 75.2. The van der Waals surface area contributed by atoms with E-state index in [0.717, 1.165) is 144 Å². The molecule has 0 bridgehead atoms. The van der Waals surface area contributed by atoms with Gasteiger partial charge in [-0.1, -0.05) is 273 Å². The lowest BCUT2D eigenvalue weighted by molar-refractivity contribution is 1.17. The fraction of sp³-hybridized carbons (Fsp3) is 0. The van der Waals surface area contributed by atoms with E-state index in [2.05, 4.69) is 336 Å². The summed E-state index contributed by atoms with van der Waals surface area (Å²) >= 11 is 0. The van der Waals surface area contributed by atoms with Crippen molar-refractivity contribution in [1.29, 1.82) is 0 Å². The van der Waals surface area contributed by atoms with Gasteiger partial charge in [0.25, 0.3) is 0 Å². The highest BCUT2D eigenvalue weighted by Gasteiger charge is 2.27. The van der Waals surface area contributed by atoms with Crippen LogP contribution in [-0.2, 0) is 0 Å². The van der Waals surface area contributed by atoms with Crippen LogP contribution in [0.2, 0.25) is 0 Å². The first-order valence-corrected chi connectivity index (χ1v) is 37.2. The van der Waals surface area contributed by atoms with Crippen molar-refractivity contribution in [2.75, 3.05) is 9.80 Å². The molecule has 0 aliphatic rings. The fourth-order valence-corrected chi connectivity index (χ4v) is 16.9. The summed E-state index contributed by atoms with van der Waals surface area (Å²) in [5.74, 6) is 0. The maximum atomic E-state index is 8.25. The summed E-state index contributed by atoms with van der Waals surface area (Å²) in [7, 11) is 0. The molecule has 520 valence electrons. The summed E-state index contributed by atoms with van der Waals surface area (Å²) in [6, 6.07) is 134. The van der Waals surface area contributed by atoms with Crippen molar-refractivity contribution in [2.24, 2.45) is 0 Å². The molecule has 0 fully saturated rings. The van der Waals surface area contributed by atoms with Gasteiger partial charge in [0.05, 0.1) is 54.0 Å². The minimum absolute atomic E-state index is 0.588. The van der Waals surface area contributed by atoms with Crippen LogP contribution in [0.3, 0.4) is 0 Å². The number of benzene rings is 18. The zero-order valence-electron chi connectivity index (χ0n) is 60.5. The lowest BCUT2D eigenvalue weighted by Gasteiger charge is -2.29. The molecular formula is C104H64N8. The van der Waals surface area contributed by atoms with Crippen molar-refractivity contribution in [3.8, 4) is 55.9 Å². The van der Waals surface area contributed by atoms with E-state index < -0.39 is 0 Å². The van der Waals surface area contributed by atoms with E-state index >= 15 is 0 Å². The lowest BCUT2D eigenvalue weighted by atomic mass is 9.84. The van der Waals surface area contributed by atoms with Crippen LogP contribution >= 0.6 is 0 Å². The molecule has 8 nitrogen and oxygen atoms in total. The van der Waals surface area contributed by atoms with Gasteiger partial charge in [0.2, 0.25) is 0 Å². The molecule has 2 aromatic heterocycles. The third-order valence-electron chi connectivity index (χ3n) is 21.6. The molecule has 0 amide bonds. The van der Waals surface area contributed by atoms with Gasteiger partial charge >= 0.3 is 0 Å². The molecule has 0 spiro atoms. The number of hydrogen-bond donors (Lipinski definition) is 0. The van der Waals surface area contributed by atoms with E-state index in [1.807, 2.05) is 91.0 Å². The Morgan fingerprint density at radius 2 is 0.473 bits per heavy atom. The Hall–Kier alpha value is -15.8. The Balaban J connectivity index is 0.000000151. The van der Waals surface area contributed by atoms with Gasteiger partial charge in [-0.2, -0.15) is 0 Å². The summed E-state index contributed by atoms with van der Waals surface area (Å²) in [5.41, 5.74) is 22.8. The molecule has 0 saturated heterocycles. The number of nitrogens with zero attached hydrogens (tertiary/aromatic N) is 8. The second kappa shape index (κ2) is 28.5. The van der Waals surface area contributed by atoms with Gasteiger partial charge in [-0.25, -0.2) is 19.4 Å². The van der Waals surface area contributed by atoms with Crippen LogP contribution in [0.5, 0.6) is 0 Å². The van der Waals surface area contributed by atoms with E-state index in [9.17, 15) is 0 Å². The second-order valence-corrected chi connectivity index (χ2v) is 27.7. The summed E-state index contributed by atoms with van der Waals surface area (Å²) in [6.45, 7) is 32.6. The average molecular weight is 1430 g/mol. The van der Waals surface area contributed by atoms with E-state index in [1.165, 1.54) is 32.6 Å². The molecule has 20 aromatic rings. The SMILES string of the molecule is [C-]#[N+]c1ccccc1-c1c2ccccc2c(-c2ccccc2[N+]#[C-])c2c(N(c3ccccc3)c3ccc(-n4c5ccccc5c5ccccc54)cc3)cccc12.[C-]#[N+]c1ccccc1-c1c2ccccc2c(-c2ccccc2[N+]#[C-])c2cc(N(c3ccccc3)c3ccc(-n4c5ccccc5c5ccccc54)cc3)ccc12. The summed E-state index contributed by atoms with van der Waals surface area (Å²) in [4.78, 5) is 20.6. The molecule has 0 saturated carbocycles. The second-order valence-electron chi connectivity index (χ2n) is 27.7. The molecule has 0 unspecified atom stereocenters. The molecular weight excluding hydrogens is 1360 g/mol. The Bertz CT molecular complexity index is 7130. The highest BCUT2D eigenvalue weighted by molar-refractivity contribution is 6.28. The lowest BCUT2D eigenvalue weighted by Crippen LogP contribution is -2.11. The maximum absolute atomic E-state index is 8.25. The summed E-state index contributed by atoms with van der Waals surface area (Å²) in [6.07, 6.45) is 0. The molecule has 18 aromatic carbocycles. The molecule has 0 aliphatic heterocycles. The first-order chi connectivity index (χ1) is 55.5. The van der Waals surface area contributed by atoms with Gasteiger partial charge in [-0.3, -0.25) is 0 Å². The number of fused-ring (bicyclic) bond motifs is 10. The Morgan fingerprint density at radius 1 is 0.196 bits per heavy atom. The first-order valence-electron chi connectivity index (χ1n) is 37.2. The molecule has 0 N–H and O–H groups in total. The maximum Gasteiger partial charge on any atom is 0.194 e. The molecule has 20 rings (SSSR count). The molecule has 2 heterocycles. The van der Waals surface area contributed by atoms with Gasteiger partial charge in [0, 0.05) is 66.7 Å². The first kappa shape index (κ1) is 66.8. The van der Waals surface area contributed by atoms with Gasteiger partial charge < -0.3 is 18.9 Å². The van der Waals surface area contributed by atoms with Gasteiger partial charge in [0.15, 0.2) is 22.7 Å². The van der Waals surface area contributed by atoms with Crippen LogP contribution in [-0.4, -0.2) is 9.13 Å². The van der Waals surface area contributed by atoms with Crippen LogP contribution in [0, 0.1) is 26.3 Å². The molecule has 0 radical (unpaired) electrons. The zero-order valence-corrected chi connectivity index (χ0v) is 60.5. The van der Waals surface area contributed by atoms with Crippen molar-refractivity contribution in [3.05, 3.63) is 434 Å². The van der Waals surface area contributed by atoms with Crippen molar-refractivity contribution in [2.45, 2.75) is 0 Å². The Labute approximate surface area is 648 Å². The summed E-state index contributed by atoms with van der Waals surface area (Å²) < 4.78 is 4.68. The smallest absolute Gasteiger partial charge is 0.194 e. The summed E-state index contributed by atoms with van der Waals surface area (Å²) in [5, 5.41) is 13.1. The van der Waals surface area contributed by atoms with Crippen LogP contribution < -0.4 is 9.80 Å². The third-order valence-corrected chi connectivity index (χ3v) is 21.6. The molecule has 8 heteroatoms. The third kappa shape index (κ3) is 11.3. The number of hydrogen-bond acceptors (Lipinski definition) is 2. The van der Waals surface area contributed by atoms with Gasteiger partial charge in [0.1, 0.15) is 0 Å². The number of para-hydroxylation sites is 10. The highest BCUT2D eigenvalue weighted by atomic mass is 15.2. The minimum Gasteiger partial charge on any atom is -0.310 e. The minimum atomic E-state index is 0.588. The van der Waals surface area contributed by atoms with E-state index in [4.69, 9.17) is 26.3 Å². The van der Waals surface area contributed by atoms with Crippen molar-refractivity contribution >= 4 is 144 Å². The Morgan fingerprint density at radius 3 is 0.875 bits per heavy atom. The number of anilines is 6. The van der Waals surface area contributed by atoms with Gasteiger partial charge in [-0.05, 0) is 197 Å². The predicted octanol–water partition coefficient (Wildman–Crippen LogP) is 30.0. The van der Waals surface area contributed by atoms with Gasteiger partial charge in [-0.15, -0.1) is 0 Å². The predicted molar refractivity (Wildman–Crippen MR) is 468 cm³/mol. The standard InChI is InChI=1S/2C52H32N4/c1-53-45-26-12-8-23-42(45)50-40-21-6-7-22-41(40)51(43-24-9-13-27-46(43)54-2)52-44(50)25-16-30-49(52)55(35-17-4-3-5-18-35)36-31-33-37(34-32-36)56-47-28-14-10-19-38(47)39-20-11-15-29-48(39)56;1-53-47-24-12-8-22-44(47)51-41-20-6-7-21-42(41)52(45-23-9-13-25-48(45)54-2)46-34-38(32-33-43(46)51)55(35-16-4-3-5-17-35)36-28-30-37(31-29-36)56-49-26-14-10-18-39(49)40-19-11-15-27-50(40)56/h2*3-34H. The van der Waals surface area contributed by atoms with Crippen molar-refractivity contribution in [3.63, 3.8) is 0 Å².